The van der Waals surface area contributed by atoms with E-state index in [1.54, 1.807) is 42.5 Å². The Bertz CT molecular complexity index is 1140. The molecule has 0 N–H and O–H groups in total. The van der Waals surface area contributed by atoms with Gasteiger partial charge in [0.1, 0.15) is 12.0 Å². The normalized spacial score (nSPS) is 11.4. The van der Waals surface area contributed by atoms with Crippen LogP contribution in [-0.2, 0) is 10.0 Å². The Morgan fingerprint density at radius 1 is 0.933 bits per heavy atom. The van der Waals surface area contributed by atoms with Crippen LogP contribution in [0.5, 0.6) is 5.75 Å². The largest absolute Gasteiger partial charge is 0.495 e. The molecule has 6 heteroatoms. The third-order valence-electron chi connectivity index (χ3n) is 4.60. The smallest absolute Gasteiger partial charge is 0.264 e. The number of benzene rings is 3. The average Bonchev–Trinajstić information content (AvgIpc) is 2.77. The summed E-state index contributed by atoms with van der Waals surface area (Å²) in [7, 11) is -2.43. The quantitative estimate of drug-likeness (QED) is 0.494. The molecular weight excluding hydrogens is 398 g/mol. The Morgan fingerprint density at radius 2 is 1.63 bits per heavy atom. The predicted molar refractivity (Wildman–Crippen MR) is 120 cm³/mol. The fraction of sp³-hybridized carbons (Fsp3) is 0.125. The standard InChI is InChI=1S/C24H23NO4S/c1-19-10-13-22(14-11-19)30(27,28)25(16-6-9-20-7-4-3-5-8-20)23-17-21(18-26)12-15-24(23)29-2/h3-15,17-18H,16H2,1-2H3/b9-6+. The van der Waals surface area contributed by atoms with Crippen LogP contribution >= 0.6 is 0 Å². The first kappa shape index (κ1) is 21.3. The van der Waals surface area contributed by atoms with Gasteiger partial charge in [0.15, 0.2) is 0 Å². The number of carbonyl (C=O) groups excluding carboxylic acids is 1. The van der Waals surface area contributed by atoms with Crippen molar-refractivity contribution in [1.29, 1.82) is 0 Å². The summed E-state index contributed by atoms with van der Waals surface area (Å²) < 4.78 is 33.7. The second-order valence-electron chi connectivity index (χ2n) is 6.71. The van der Waals surface area contributed by atoms with Crippen molar-refractivity contribution < 1.29 is 17.9 Å². The van der Waals surface area contributed by atoms with Crippen LogP contribution in [0.15, 0.2) is 83.8 Å². The van der Waals surface area contributed by atoms with Crippen LogP contribution in [0.3, 0.4) is 0 Å². The van der Waals surface area contributed by atoms with Gasteiger partial charge in [0.25, 0.3) is 10.0 Å². The molecular formula is C24H23NO4S. The number of sulfonamides is 1. The zero-order valence-electron chi connectivity index (χ0n) is 16.9. The Morgan fingerprint density at radius 3 is 2.27 bits per heavy atom. The predicted octanol–water partition coefficient (Wildman–Crippen LogP) is 4.72. The van der Waals surface area contributed by atoms with Crippen molar-refractivity contribution in [3.63, 3.8) is 0 Å². The molecule has 0 fully saturated rings. The van der Waals surface area contributed by atoms with Crippen LogP contribution in [0.4, 0.5) is 5.69 Å². The fourth-order valence-electron chi connectivity index (χ4n) is 2.99. The molecule has 0 spiro atoms. The Hall–Kier alpha value is -3.38. The van der Waals surface area contributed by atoms with Crippen LogP contribution in [-0.4, -0.2) is 28.4 Å². The summed E-state index contributed by atoms with van der Waals surface area (Å²) in [6.07, 6.45) is 4.31. The van der Waals surface area contributed by atoms with Crippen molar-refractivity contribution >= 4 is 28.1 Å². The molecule has 154 valence electrons. The maximum absolute atomic E-state index is 13.5. The minimum absolute atomic E-state index is 0.0732. The van der Waals surface area contributed by atoms with Crippen LogP contribution in [0.1, 0.15) is 21.5 Å². The first-order valence-electron chi connectivity index (χ1n) is 9.40. The molecule has 0 radical (unpaired) electrons. The van der Waals surface area contributed by atoms with Gasteiger partial charge in [0, 0.05) is 5.56 Å². The highest BCUT2D eigenvalue weighted by molar-refractivity contribution is 7.92. The molecule has 0 saturated carbocycles. The van der Waals surface area contributed by atoms with E-state index in [1.807, 2.05) is 43.3 Å². The maximum Gasteiger partial charge on any atom is 0.264 e. The Balaban J connectivity index is 2.08. The van der Waals surface area contributed by atoms with Crippen LogP contribution < -0.4 is 9.04 Å². The minimum atomic E-state index is -3.90. The number of ether oxygens (including phenoxy) is 1. The molecule has 3 aromatic carbocycles. The van der Waals surface area contributed by atoms with Crippen LogP contribution in [0, 0.1) is 6.92 Å². The lowest BCUT2D eigenvalue weighted by atomic mass is 10.2. The van der Waals surface area contributed by atoms with Crippen molar-refractivity contribution in [2.75, 3.05) is 18.0 Å². The first-order chi connectivity index (χ1) is 14.5. The van der Waals surface area contributed by atoms with Gasteiger partial charge in [0.05, 0.1) is 24.2 Å². The van der Waals surface area contributed by atoms with Crippen molar-refractivity contribution in [1.82, 2.24) is 0 Å². The molecule has 0 aliphatic carbocycles. The molecule has 0 amide bonds. The van der Waals surface area contributed by atoms with Crippen LogP contribution in [0.25, 0.3) is 6.08 Å². The van der Waals surface area contributed by atoms with Gasteiger partial charge in [0.2, 0.25) is 0 Å². The van der Waals surface area contributed by atoms with Gasteiger partial charge >= 0.3 is 0 Å². The SMILES string of the molecule is COc1ccc(C=O)cc1N(C/C=C/c1ccccc1)S(=O)(=O)c1ccc(C)cc1. The molecule has 5 nitrogen and oxygen atoms in total. The summed E-state index contributed by atoms with van der Waals surface area (Å²) in [6, 6.07) is 21.0. The van der Waals surface area contributed by atoms with E-state index in [0.29, 0.717) is 23.3 Å². The van der Waals surface area contributed by atoms with Gasteiger partial charge in [-0.3, -0.25) is 9.10 Å². The van der Waals surface area contributed by atoms with E-state index < -0.39 is 10.0 Å². The van der Waals surface area contributed by atoms with E-state index in [9.17, 15) is 13.2 Å². The molecule has 0 atom stereocenters. The van der Waals surface area contributed by atoms with E-state index in [0.717, 1.165) is 11.1 Å². The number of rotatable bonds is 8. The van der Waals surface area contributed by atoms with Gasteiger partial charge in [-0.2, -0.15) is 0 Å². The van der Waals surface area contributed by atoms with Crippen molar-refractivity contribution in [3.8, 4) is 5.75 Å². The summed E-state index contributed by atoms with van der Waals surface area (Å²) >= 11 is 0. The average molecular weight is 422 g/mol. The maximum atomic E-state index is 13.5. The highest BCUT2D eigenvalue weighted by atomic mass is 32.2. The van der Waals surface area contributed by atoms with Crippen LogP contribution in [0.2, 0.25) is 0 Å². The molecule has 30 heavy (non-hydrogen) atoms. The Labute approximate surface area is 177 Å². The lowest BCUT2D eigenvalue weighted by Crippen LogP contribution is -2.31. The zero-order valence-corrected chi connectivity index (χ0v) is 17.7. The van der Waals surface area contributed by atoms with Gasteiger partial charge in [-0.1, -0.05) is 60.2 Å². The molecule has 3 aromatic rings. The van der Waals surface area contributed by atoms with E-state index >= 15 is 0 Å². The van der Waals surface area contributed by atoms with Gasteiger partial charge in [-0.25, -0.2) is 8.42 Å². The molecule has 3 rings (SSSR count). The third kappa shape index (κ3) is 4.78. The molecule has 0 aliphatic rings. The molecule has 0 unspecified atom stereocenters. The van der Waals surface area contributed by atoms with E-state index in [1.165, 1.54) is 17.5 Å². The number of hydrogen-bond donors (Lipinski definition) is 0. The van der Waals surface area contributed by atoms with E-state index in [2.05, 4.69) is 0 Å². The number of methoxy groups -OCH3 is 1. The zero-order chi connectivity index (χ0) is 21.6. The summed E-state index contributed by atoms with van der Waals surface area (Å²) in [5, 5.41) is 0. The highest BCUT2D eigenvalue weighted by Gasteiger charge is 2.26. The fourth-order valence-corrected chi connectivity index (χ4v) is 4.41. The molecule has 0 heterocycles. The lowest BCUT2D eigenvalue weighted by Gasteiger charge is -2.25. The molecule has 0 aliphatic heterocycles. The third-order valence-corrected chi connectivity index (χ3v) is 6.39. The first-order valence-corrected chi connectivity index (χ1v) is 10.8. The summed E-state index contributed by atoms with van der Waals surface area (Å²) in [6.45, 7) is 1.97. The summed E-state index contributed by atoms with van der Waals surface area (Å²) in [5.74, 6) is 0.365. The van der Waals surface area contributed by atoms with E-state index in [-0.39, 0.29) is 11.4 Å². The molecule has 0 saturated heterocycles. The minimum Gasteiger partial charge on any atom is -0.495 e. The van der Waals surface area contributed by atoms with Gasteiger partial charge < -0.3 is 4.74 Å². The highest BCUT2D eigenvalue weighted by Crippen LogP contribution is 2.33. The second-order valence-corrected chi connectivity index (χ2v) is 8.57. The lowest BCUT2D eigenvalue weighted by molar-refractivity contribution is 0.112. The number of aryl methyl sites for hydroxylation is 1. The number of anilines is 1. The number of hydrogen-bond acceptors (Lipinski definition) is 4. The summed E-state index contributed by atoms with van der Waals surface area (Å²) in [4.78, 5) is 11.5. The van der Waals surface area contributed by atoms with Crippen molar-refractivity contribution in [2.24, 2.45) is 0 Å². The van der Waals surface area contributed by atoms with Crippen molar-refractivity contribution in [2.45, 2.75) is 11.8 Å². The monoisotopic (exact) mass is 421 g/mol. The number of carbonyl (C=O) groups is 1. The van der Waals surface area contributed by atoms with Gasteiger partial charge in [-0.05, 0) is 42.8 Å². The summed E-state index contributed by atoms with van der Waals surface area (Å²) in [5.41, 5.74) is 2.59. The van der Waals surface area contributed by atoms with E-state index in [4.69, 9.17) is 4.74 Å². The topological polar surface area (TPSA) is 63.7 Å². The molecule has 0 bridgehead atoms. The number of nitrogens with zero attached hydrogens (tertiary/aromatic N) is 1. The second kappa shape index (κ2) is 9.41. The van der Waals surface area contributed by atoms with Crippen molar-refractivity contribution in [3.05, 3.63) is 95.6 Å². The van der Waals surface area contributed by atoms with Gasteiger partial charge in [-0.15, -0.1) is 0 Å². The number of aldehydes is 1. The molecule has 0 aromatic heterocycles. The Kier molecular flexibility index (Phi) is 6.69.